The molecule has 7 nitrogen and oxygen atoms in total. The minimum absolute atomic E-state index is 0.279. The Morgan fingerprint density at radius 1 is 1.00 bits per heavy atom. The van der Waals surface area contributed by atoms with E-state index >= 15 is 0 Å². The quantitative estimate of drug-likeness (QED) is 0.457. The van der Waals surface area contributed by atoms with Crippen LogP contribution in [0.25, 0.3) is 0 Å². The molecule has 33 heavy (non-hydrogen) atoms. The van der Waals surface area contributed by atoms with Gasteiger partial charge in [-0.1, -0.05) is 6.92 Å². The standard InChI is InChI=1S/C25H33NO6S/c1-6-29-18-13-16(14-19(30-7-2)22(18)31-8-3)23(27)26-24-21(25(28)32-9-4)17-11-10-15(5)12-20(17)33-24/h13-15H,6-12H2,1-5H3,(H,26,27). The monoisotopic (exact) mass is 475 g/mol. The molecule has 2 aromatic rings. The maximum absolute atomic E-state index is 13.3. The Kier molecular flexibility index (Phi) is 8.61. The van der Waals surface area contributed by atoms with E-state index in [-0.39, 0.29) is 12.5 Å². The van der Waals surface area contributed by atoms with Crippen LogP contribution in [-0.4, -0.2) is 38.3 Å². The fraction of sp³-hybridized carbons (Fsp3) is 0.520. The summed E-state index contributed by atoms with van der Waals surface area (Å²) < 4.78 is 22.5. The Morgan fingerprint density at radius 2 is 1.64 bits per heavy atom. The second-order valence-corrected chi connectivity index (χ2v) is 8.94. The van der Waals surface area contributed by atoms with Gasteiger partial charge < -0.3 is 24.3 Å². The van der Waals surface area contributed by atoms with Crippen LogP contribution in [0.4, 0.5) is 5.00 Å². The predicted molar refractivity (Wildman–Crippen MR) is 129 cm³/mol. The summed E-state index contributed by atoms with van der Waals surface area (Å²) in [7, 11) is 0. The molecule has 180 valence electrons. The summed E-state index contributed by atoms with van der Waals surface area (Å²) in [6.07, 6.45) is 2.72. The molecule has 0 radical (unpaired) electrons. The Hall–Kier alpha value is -2.74. The molecule has 0 aliphatic heterocycles. The Bertz CT molecular complexity index is 972. The number of benzene rings is 1. The molecular formula is C25H33NO6S. The normalized spacial score (nSPS) is 14.9. The highest BCUT2D eigenvalue weighted by molar-refractivity contribution is 7.17. The Morgan fingerprint density at radius 3 is 2.21 bits per heavy atom. The zero-order chi connectivity index (χ0) is 24.0. The first-order valence-corrected chi connectivity index (χ1v) is 12.4. The number of anilines is 1. The maximum Gasteiger partial charge on any atom is 0.341 e. The van der Waals surface area contributed by atoms with Crippen LogP contribution >= 0.6 is 11.3 Å². The lowest BCUT2D eigenvalue weighted by atomic mass is 9.88. The van der Waals surface area contributed by atoms with Crippen LogP contribution in [0.15, 0.2) is 12.1 Å². The third kappa shape index (κ3) is 5.61. The number of esters is 1. The average molecular weight is 476 g/mol. The van der Waals surface area contributed by atoms with Crippen LogP contribution < -0.4 is 19.5 Å². The van der Waals surface area contributed by atoms with Crippen molar-refractivity contribution in [3.8, 4) is 17.2 Å². The van der Waals surface area contributed by atoms with Gasteiger partial charge in [-0.3, -0.25) is 4.79 Å². The molecular weight excluding hydrogens is 442 g/mol. The highest BCUT2D eigenvalue weighted by atomic mass is 32.1. The summed E-state index contributed by atoms with van der Waals surface area (Å²) in [4.78, 5) is 27.2. The van der Waals surface area contributed by atoms with Crippen molar-refractivity contribution >= 4 is 28.2 Å². The minimum atomic E-state index is -0.392. The number of carbonyl (C=O) groups is 2. The number of amides is 1. The molecule has 1 heterocycles. The number of carbonyl (C=O) groups excluding carboxylic acids is 2. The number of hydrogen-bond donors (Lipinski definition) is 1. The Labute approximate surface area is 199 Å². The zero-order valence-electron chi connectivity index (χ0n) is 20.0. The molecule has 1 unspecified atom stereocenters. The fourth-order valence-corrected chi connectivity index (χ4v) is 5.35. The summed E-state index contributed by atoms with van der Waals surface area (Å²) in [5, 5.41) is 3.49. The third-order valence-corrected chi connectivity index (χ3v) is 6.56. The number of rotatable bonds is 10. The number of thiophene rings is 1. The van der Waals surface area contributed by atoms with Crippen molar-refractivity contribution in [3.63, 3.8) is 0 Å². The molecule has 8 heteroatoms. The van der Waals surface area contributed by atoms with Crippen molar-refractivity contribution in [1.82, 2.24) is 0 Å². The first kappa shape index (κ1) is 24.9. The fourth-order valence-electron chi connectivity index (χ4n) is 3.95. The van der Waals surface area contributed by atoms with Crippen LogP contribution in [0.3, 0.4) is 0 Å². The first-order valence-electron chi connectivity index (χ1n) is 11.6. The largest absolute Gasteiger partial charge is 0.490 e. The number of ether oxygens (including phenoxy) is 4. The van der Waals surface area contributed by atoms with Crippen molar-refractivity contribution in [2.45, 2.75) is 53.9 Å². The molecule has 1 N–H and O–H groups in total. The molecule has 1 aromatic carbocycles. The van der Waals surface area contributed by atoms with Gasteiger partial charge in [-0.2, -0.15) is 0 Å². The molecule has 0 spiro atoms. The molecule has 1 aliphatic carbocycles. The summed E-state index contributed by atoms with van der Waals surface area (Å²) in [5.41, 5.74) is 1.85. The summed E-state index contributed by atoms with van der Waals surface area (Å²) in [6, 6.07) is 3.29. The molecule has 0 fully saturated rings. The van der Waals surface area contributed by atoms with E-state index in [0.717, 1.165) is 29.7 Å². The van der Waals surface area contributed by atoms with E-state index < -0.39 is 5.97 Å². The SMILES string of the molecule is CCOC(=O)c1c(NC(=O)c2cc(OCC)c(OCC)c(OCC)c2)sc2c1CCC(C)C2. The minimum Gasteiger partial charge on any atom is -0.490 e. The zero-order valence-corrected chi connectivity index (χ0v) is 20.9. The first-order chi connectivity index (χ1) is 15.9. The van der Waals surface area contributed by atoms with E-state index in [1.807, 2.05) is 20.8 Å². The number of nitrogens with one attached hydrogen (secondary N) is 1. The van der Waals surface area contributed by atoms with Gasteiger partial charge in [-0.05, 0) is 70.6 Å². The Balaban J connectivity index is 1.99. The number of hydrogen-bond acceptors (Lipinski definition) is 7. The van der Waals surface area contributed by atoms with Gasteiger partial charge in [-0.15, -0.1) is 11.3 Å². The van der Waals surface area contributed by atoms with E-state index in [9.17, 15) is 9.59 Å². The van der Waals surface area contributed by atoms with Crippen molar-refractivity contribution in [2.75, 3.05) is 31.7 Å². The van der Waals surface area contributed by atoms with Crippen molar-refractivity contribution in [3.05, 3.63) is 33.7 Å². The van der Waals surface area contributed by atoms with Gasteiger partial charge in [-0.25, -0.2) is 4.79 Å². The molecule has 1 atom stereocenters. The van der Waals surface area contributed by atoms with Gasteiger partial charge in [0.05, 0.1) is 32.0 Å². The number of fused-ring (bicyclic) bond motifs is 1. The van der Waals surface area contributed by atoms with Gasteiger partial charge in [0.2, 0.25) is 5.75 Å². The third-order valence-electron chi connectivity index (χ3n) is 5.39. The summed E-state index contributed by atoms with van der Waals surface area (Å²) in [5.74, 6) is 1.17. The van der Waals surface area contributed by atoms with Gasteiger partial charge in [0.1, 0.15) is 5.00 Å². The van der Waals surface area contributed by atoms with Crippen LogP contribution in [-0.2, 0) is 17.6 Å². The lowest BCUT2D eigenvalue weighted by molar-refractivity contribution is 0.0526. The predicted octanol–water partition coefficient (Wildman–Crippen LogP) is 5.50. The molecule has 1 amide bonds. The second-order valence-electron chi connectivity index (χ2n) is 7.83. The molecule has 0 bridgehead atoms. The van der Waals surface area contributed by atoms with E-state index in [4.69, 9.17) is 18.9 Å². The molecule has 0 saturated carbocycles. The topological polar surface area (TPSA) is 83.1 Å². The maximum atomic E-state index is 13.3. The van der Waals surface area contributed by atoms with Crippen molar-refractivity contribution in [1.29, 1.82) is 0 Å². The van der Waals surface area contributed by atoms with Gasteiger partial charge in [0.15, 0.2) is 11.5 Å². The molecule has 1 aromatic heterocycles. The van der Waals surface area contributed by atoms with Crippen LogP contribution in [0.2, 0.25) is 0 Å². The van der Waals surface area contributed by atoms with Gasteiger partial charge in [0.25, 0.3) is 5.91 Å². The van der Waals surface area contributed by atoms with Crippen molar-refractivity contribution in [2.24, 2.45) is 5.92 Å². The van der Waals surface area contributed by atoms with E-state index in [1.165, 1.54) is 11.3 Å². The van der Waals surface area contributed by atoms with Crippen LogP contribution in [0.5, 0.6) is 17.2 Å². The van der Waals surface area contributed by atoms with Crippen LogP contribution in [0, 0.1) is 5.92 Å². The second kappa shape index (κ2) is 11.4. The van der Waals surface area contributed by atoms with Gasteiger partial charge in [0, 0.05) is 10.4 Å². The lowest BCUT2D eigenvalue weighted by Crippen LogP contribution is -2.17. The van der Waals surface area contributed by atoms with Crippen molar-refractivity contribution < 1.29 is 28.5 Å². The highest BCUT2D eigenvalue weighted by Crippen LogP contribution is 2.42. The van der Waals surface area contributed by atoms with E-state index in [1.54, 1.807) is 19.1 Å². The average Bonchev–Trinajstić information content (AvgIpc) is 3.13. The molecule has 0 saturated heterocycles. The van der Waals surface area contributed by atoms with E-state index in [0.29, 0.717) is 59.1 Å². The van der Waals surface area contributed by atoms with E-state index in [2.05, 4.69) is 12.2 Å². The summed E-state index contributed by atoms with van der Waals surface area (Å²) >= 11 is 1.46. The van der Waals surface area contributed by atoms with Gasteiger partial charge >= 0.3 is 5.97 Å². The van der Waals surface area contributed by atoms with Crippen LogP contribution in [0.1, 0.15) is 72.2 Å². The highest BCUT2D eigenvalue weighted by Gasteiger charge is 2.29. The summed E-state index contributed by atoms with van der Waals surface area (Å²) in [6.45, 7) is 11.1. The smallest absolute Gasteiger partial charge is 0.341 e. The molecule has 1 aliphatic rings. The lowest BCUT2D eigenvalue weighted by Gasteiger charge is -2.18. The molecule has 3 rings (SSSR count).